The zero-order chi connectivity index (χ0) is 29.7. The highest BCUT2D eigenvalue weighted by atomic mass is 16.5. The van der Waals surface area contributed by atoms with Crippen LogP contribution in [0.2, 0.25) is 0 Å². The van der Waals surface area contributed by atoms with Crippen LogP contribution in [0.25, 0.3) is 22.9 Å². The van der Waals surface area contributed by atoms with E-state index < -0.39 is 0 Å². The Kier molecular flexibility index (Phi) is 5.67. The van der Waals surface area contributed by atoms with Crippen LogP contribution in [-0.2, 0) is 0 Å². The Labute approximate surface area is 259 Å². The molecule has 9 rings (SSSR count). The van der Waals surface area contributed by atoms with Crippen molar-refractivity contribution in [2.45, 2.75) is 0 Å². The summed E-state index contributed by atoms with van der Waals surface area (Å²) in [5.41, 5.74) is 7.14. The molecule has 45 heavy (non-hydrogen) atoms. The largest absolute Gasteiger partial charge is 0.453 e. The first-order valence-electron chi connectivity index (χ1n) is 14.7. The minimum Gasteiger partial charge on any atom is -0.453 e. The minimum atomic E-state index is 0.416. The van der Waals surface area contributed by atoms with Gasteiger partial charge in [0, 0.05) is 0 Å². The minimum absolute atomic E-state index is 0.416. The van der Waals surface area contributed by atoms with Gasteiger partial charge in [-0.1, -0.05) is 72.8 Å². The van der Waals surface area contributed by atoms with Crippen LogP contribution in [0.5, 0.6) is 23.0 Å². The topological polar surface area (TPSA) is 63.9 Å². The fourth-order valence-corrected chi connectivity index (χ4v) is 6.07. The fraction of sp³-hybridized carbons (Fsp3) is 0. The van der Waals surface area contributed by atoms with E-state index in [0.717, 1.165) is 68.2 Å². The van der Waals surface area contributed by atoms with Gasteiger partial charge in [0.1, 0.15) is 0 Å². The second kappa shape index (κ2) is 10.1. The number of anilines is 6. The average molecular weight is 585 g/mol. The third-order valence-electron chi connectivity index (χ3n) is 8.04. The molecule has 7 nitrogen and oxygen atoms in total. The first-order valence-corrected chi connectivity index (χ1v) is 14.7. The molecule has 7 aromatic rings. The lowest BCUT2D eigenvalue weighted by Crippen LogP contribution is -2.16. The Bertz CT molecular complexity index is 1980. The van der Waals surface area contributed by atoms with Gasteiger partial charge in [0.15, 0.2) is 23.0 Å². The number of fused-ring (bicyclic) bond motifs is 4. The van der Waals surface area contributed by atoms with Gasteiger partial charge in [0.2, 0.25) is 11.8 Å². The van der Waals surface area contributed by atoms with E-state index in [-0.39, 0.29) is 0 Å². The molecule has 0 N–H and O–H groups in total. The van der Waals surface area contributed by atoms with Crippen molar-refractivity contribution >= 4 is 34.1 Å². The summed E-state index contributed by atoms with van der Waals surface area (Å²) in [6.07, 6.45) is 0. The smallest absolute Gasteiger partial charge is 0.250 e. The molecule has 2 aliphatic rings. The fourth-order valence-electron chi connectivity index (χ4n) is 6.07. The number of hydrogen-bond donors (Lipinski definition) is 0. The van der Waals surface area contributed by atoms with Crippen molar-refractivity contribution in [3.63, 3.8) is 0 Å². The highest BCUT2D eigenvalue weighted by molar-refractivity contribution is 5.93. The molecule has 6 aromatic carbocycles. The Morgan fingerprint density at radius 1 is 0.333 bits per heavy atom. The number of benzene rings is 6. The summed E-state index contributed by atoms with van der Waals surface area (Å²) < 4.78 is 19.0. The second-order valence-electron chi connectivity index (χ2n) is 10.7. The summed E-state index contributed by atoms with van der Waals surface area (Å²) in [6.45, 7) is 0. The number of ether oxygens (including phenoxy) is 2. The number of rotatable bonds is 4. The standard InChI is InChI=1S/C38H24N4O3/c1-3-15-27(41-29-17-5-9-21-33(29)43-34-22-10-6-18-30(34)41)25(13-1)37-39-40-38(45-37)26-14-2-4-16-28(26)42-31-19-7-11-23-35(31)44-36-24-12-8-20-32(36)42/h1-24H. The maximum atomic E-state index is 6.53. The third kappa shape index (κ3) is 4.06. The van der Waals surface area contributed by atoms with Gasteiger partial charge in [-0.25, -0.2) is 0 Å². The number of hydrogen-bond acceptors (Lipinski definition) is 7. The molecular formula is C38H24N4O3. The molecule has 2 aliphatic heterocycles. The number of aromatic nitrogens is 2. The molecule has 0 aliphatic carbocycles. The van der Waals surface area contributed by atoms with Gasteiger partial charge >= 0.3 is 0 Å². The molecule has 3 heterocycles. The van der Waals surface area contributed by atoms with Gasteiger partial charge in [-0.2, -0.15) is 0 Å². The van der Waals surface area contributed by atoms with E-state index in [4.69, 9.17) is 13.9 Å². The lowest BCUT2D eigenvalue weighted by Gasteiger charge is -2.33. The van der Waals surface area contributed by atoms with E-state index >= 15 is 0 Å². The van der Waals surface area contributed by atoms with E-state index in [9.17, 15) is 0 Å². The first kappa shape index (κ1) is 25.2. The van der Waals surface area contributed by atoms with E-state index in [2.05, 4.69) is 56.4 Å². The van der Waals surface area contributed by atoms with Crippen molar-refractivity contribution in [2.75, 3.05) is 9.80 Å². The molecular weight excluding hydrogens is 560 g/mol. The summed E-state index contributed by atoms with van der Waals surface area (Å²) in [4.78, 5) is 4.37. The van der Waals surface area contributed by atoms with E-state index in [1.165, 1.54) is 0 Å². The van der Waals surface area contributed by atoms with Gasteiger partial charge in [-0.3, -0.25) is 0 Å². The van der Waals surface area contributed by atoms with E-state index in [0.29, 0.717) is 11.8 Å². The van der Waals surface area contributed by atoms with Crippen molar-refractivity contribution in [2.24, 2.45) is 0 Å². The maximum absolute atomic E-state index is 6.53. The van der Waals surface area contributed by atoms with Crippen molar-refractivity contribution < 1.29 is 13.9 Å². The average Bonchev–Trinajstić information content (AvgIpc) is 3.60. The molecule has 0 saturated carbocycles. The zero-order valence-corrected chi connectivity index (χ0v) is 23.9. The normalized spacial score (nSPS) is 12.7. The van der Waals surface area contributed by atoms with Gasteiger partial charge in [0.05, 0.1) is 45.3 Å². The molecule has 0 radical (unpaired) electrons. The molecule has 0 unspecified atom stereocenters. The molecule has 1 aromatic heterocycles. The summed E-state index contributed by atoms with van der Waals surface area (Å²) in [5, 5.41) is 9.17. The third-order valence-corrected chi connectivity index (χ3v) is 8.04. The number of nitrogens with zero attached hydrogens (tertiary/aromatic N) is 4. The summed E-state index contributed by atoms with van der Waals surface area (Å²) >= 11 is 0. The van der Waals surface area contributed by atoms with Crippen LogP contribution in [0.1, 0.15) is 0 Å². The predicted octanol–water partition coefficient (Wildman–Crippen LogP) is 10.6. The second-order valence-corrected chi connectivity index (χ2v) is 10.7. The van der Waals surface area contributed by atoms with Gasteiger partial charge in [0.25, 0.3) is 0 Å². The molecule has 0 atom stereocenters. The summed E-state index contributed by atoms with van der Waals surface area (Å²) in [7, 11) is 0. The Balaban J connectivity index is 1.17. The zero-order valence-electron chi connectivity index (χ0n) is 23.9. The van der Waals surface area contributed by atoms with Crippen molar-refractivity contribution in [1.29, 1.82) is 0 Å². The van der Waals surface area contributed by atoms with E-state index in [1.54, 1.807) is 0 Å². The van der Waals surface area contributed by atoms with Crippen LogP contribution in [0, 0.1) is 0 Å². The molecule has 0 bridgehead atoms. The predicted molar refractivity (Wildman–Crippen MR) is 175 cm³/mol. The summed E-state index contributed by atoms with van der Waals surface area (Å²) in [5.74, 6) is 3.93. The molecule has 0 fully saturated rings. The van der Waals surface area contributed by atoms with Crippen LogP contribution < -0.4 is 19.3 Å². The van der Waals surface area contributed by atoms with Crippen LogP contribution in [0.3, 0.4) is 0 Å². The van der Waals surface area contributed by atoms with Gasteiger partial charge in [-0.15, -0.1) is 10.2 Å². The van der Waals surface area contributed by atoms with Crippen LogP contribution in [0.4, 0.5) is 34.1 Å². The molecule has 0 amide bonds. The van der Waals surface area contributed by atoms with Crippen LogP contribution in [-0.4, -0.2) is 10.2 Å². The quantitative estimate of drug-likeness (QED) is 0.204. The van der Waals surface area contributed by atoms with Crippen molar-refractivity contribution in [1.82, 2.24) is 10.2 Å². The van der Waals surface area contributed by atoms with E-state index in [1.807, 2.05) is 109 Å². The lowest BCUT2D eigenvalue weighted by molar-refractivity contribution is 0.477. The highest BCUT2D eigenvalue weighted by Gasteiger charge is 2.30. The van der Waals surface area contributed by atoms with Gasteiger partial charge < -0.3 is 23.7 Å². The highest BCUT2D eigenvalue weighted by Crippen LogP contribution is 2.54. The number of para-hydroxylation sites is 10. The Morgan fingerprint density at radius 3 is 0.978 bits per heavy atom. The summed E-state index contributed by atoms with van der Waals surface area (Å²) in [6, 6.07) is 48.2. The van der Waals surface area contributed by atoms with Crippen molar-refractivity contribution in [3.8, 4) is 45.9 Å². The molecule has 0 spiro atoms. The monoisotopic (exact) mass is 584 g/mol. The van der Waals surface area contributed by atoms with Crippen LogP contribution >= 0.6 is 0 Å². The van der Waals surface area contributed by atoms with Gasteiger partial charge in [-0.05, 0) is 72.8 Å². The van der Waals surface area contributed by atoms with Crippen LogP contribution in [0.15, 0.2) is 150 Å². The SMILES string of the molecule is c1ccc2c(c1)Oc1ccccc1N2c1ccccc1-c1nnc(-c2ccccc2N2c3ccccc3Oc3ccccc32)o1. The van der Waals surface area contributed by atoms with Crippen molar-refractivity contribution in [3.05, 3.63) is 146 Å². The molecule has 7 heteroatoms. The Morgan fingerprint density at radius 2 is 0.622 bits per heavy atom. The molecule has 214 valence electrons. The maximum Gasteiger partial charge on any atom is 0.250 e. The lowest BCUT2D eigenvalue weighted by atomic mass is 10.1. The Hall–Kier alpha value is -6.34. The molecule has 0 saturated heterocycles. The first-order chi connectivity index (χ1) is 22.3.